The summed E-state index contributed by atoms with van der Waals surface area (Å²) in [5.41, 5.74) is 10.3. The molecule has 0 amide bonds. The smallest absolute Gasteiger partial charge is 0.342 e. The summed E-state index contributed by atoms with van der Waals surface area (Å²) in [4.78, 5) is 15.1. The van der Waals surface area contributed by atoms with Crippen molar-refractivity contribution in [1.29, 1.82) is 0 Å². The molecule has 4 N–H and O–H groups in total. The fourth-order valence-corrected chi connectivity index (χ4v) is 1.42. The van der Waals surface area contributed by atoms with E-state index in [1.165, 1.54) is 0 Å². The van der Waals surface area contributed by atoms with Crippen LogP contribution in [0.15, 0.2) is 6.20 Å². The molecule has 7 heteroatoms. The summed E-state index contributed by atoms with van der Waals surface area (Å²) in [7, 11) is 0. The van der Waals surface area contributed by atoms with Crippen molar-refractivity contribution in [1.82, 2.24) is 4.98 Å². The monoisotopic (exact) mass is 245 g/mol. The van der Waals surface area contributed by atoms with Crippen LogP contribution in [0.3, 0.4) is 0 Å². The lowest BCUT2D eigenvalue weighted by molar-refractivity contribution is 0.0525. The van der Waals surface area contributed by atoms with Gasteiger partial charge in [0, 0.05) is 18.3 Å². The summed E-state index contributed by atoms with van der Waals surface area (Å²) < 4.78 is 30.1. The number of aromatic nitrogens is 1. The predicted octanol–water partition coefficient (Wildman–Crippen LogP) is 1.24. The molecule has 0 aliphatic rings. The van der Waals surface area contributed by atoms with Crippen molar-refractivity contribution in [2.75, 3.05) is 12.3 Å². The van der Waals surface area contributed by atoms with Gasteiger partial charge in [-0.1, -0.05) is 0 Å². The van der Waals surface area contributed by atoms with Gasteiger partial charge in [0.2, 0.25) is 0 Å². The van der Waals surface area contributed by atoms with Crippen LogP contribution in [0, 0.1) is 0 Å². The van der Waals surface area contributed by atoms with E-state index >= 15 is 0 Å². The predicted molar refractivity (Wildman–Crippen MR) is 57.5 cm³/mol. The van der Waals surface area contributed by atoms with Crippen molar-refractivity contribution in [3.05, 3.63) is 22.9 Å². The number of nitrogens with two attached hydrogens (primary N) is 2. The molecular formula is C10H13F2N3O2. The van der Waals surface area contributed by atoms with Crippen LogP contribution in [0.5, 0.6) is 0 Å². The Hall–Kier alpha value is -1.76. The largest absolute Gasteiger partial charge is 0.462 e. The van der Waals surface area contributed by atoms with Gasteiger partial charge in [0.15, 0.2) is 0 Å². The van der Waals surface area contributed by atoms with Crippen molar-refractivity contribution < 1.29 is 18.3 Å². The summed E-state index contributed by atoms with van der Waals surface area (Å²) in [6.45, 7) is 1.47. The number of rotatable bonds is 4. The lowest BCUT2D eigenvalue weighted by Gasteiger charge is -2.13. The van der Waals surface area contributed by atoms with Crippen LogP contribution in [-0.2, 0) is 11.3 Å². The fraction of sp³-hybridized carbons (Fsp3) is 0.400. The van der Waals surface area contributed by atoms with Crippen molar-refractivity contribution in [3.63, 3.8) is 0 Å². The molecule has 0 saturated carbocycles. The molecule has 0 bridgehead atoms. The van der Waals surface area contributed by atoms with Crippen molar-refractivity contribution in [3.8, 4) is 0 Å². The first-order valence-electron chi connectivity index (χ1n) is 4.95. The number of halogens is 2. The van der Waals surface area contributed by atoms with Gasteiger partial charge in [0.25, 0.3) is 6.43 Å². The maximum atomic E-state index is 12.7. The summed E-state index contributed by atoms with van der Waals surface area (Å²) >= 11 is 0. The SMILES string of the molecule is CCOC(=O)c1c(N)ncc(C(F)F)c1CN. The first-order valence-corrected chi connectivity index (χ1v) is 4.95. The first kappa shape index (κ1) is 13.3. The van der Waals surface area contributed by atoms with E-state index < -0.39 is 18.0 Å². The van der Waals surface area contributed by atoms with E-state index in [0.29, 0.717) is 0 Å². The number of hydrogen-bond acceptors (Lipinski definition) is 5. The van der Waals surface area contributed by atoms with E-state index in [2.05, 4.69) is 4.98 Å². The zero-order valence-electron chi connectivity index (χ0n) is 9.24. The average molecular weight is 245 g/mol. The number of carbonyl (C=O) groups is 1. The minimum atomic E-state index is -2.77. The molecule has 5 nitrogen and oxygen atoms in total. The van der Waals surface area contributed by atoms with E-state index in [0.717, 1.165) is 6.20 Å². The second-order valence-electron chi connectivity index (χ2n) is 3.18. The van der Waals surface area contributed by atoms with Crippen molar-refractivity contribution in [2.45, 2.75) is 19.9 Å². The van der Waals surface area contributed by atoms with Crippen LogP contribution in [0.2, 0.25) is 0 Å². The van der Waals surface area contributed by atoms with E-state index in [9.17, 15) is 13.6 Å². The van der Waals surface area contributed by atoms with Gasteiger partial charge in [-0.3, -0.25) is 0 Å². The molecule has 0 atom stereocenters. The van der Waals surface area contributed by atoms with Gasteiger partial charge in [0.05, 0.1) is 6.61 Å². The quantitative estimate of drug-likeness (QED) is 0.778. The Kier molecular flexibility index (Phi) is 4.33. The van der Waals surface area contributed by atoms with E-state index in [1.807, 2.05) is 0 Å². The third-order valence-corrected chi connectivity index (χ3v) is 2.17. The molecule has 0 spiro atoms. The molecule has 1 aromatic rings. The molecule has 0 unspecified atom stereocenters. The van der Waals surface area contributed by atoms with Crippen LogP contribution < -0.4 is 11.5 Å². The third-order valence-electron chi connectivity index (χ3n) is 2.17. The number of hydrogen-bond donors (Lipinski definition) is 2. The van der Waals surface area contributed by atoms with E-state index in [-0.39, 0.29) is 30.1 Å². The topological polar surface area (TPSA) is 91.2 Å². The zero-order chi connectivity index (χ0) is 13.0. The fourth-order valence-electron chi connectivity index (χ4n) is 1.42. The molecule has 0 radical (unpaired) electrons. The molecule has 0 saturated heterocycles. The first-order chi connectivity index (χ1) is 8.02. The molecular weight excluding hydrogens is 232 g/mol. The van der Waals surface area contributed by atoms with Crippen molar-refractivity contribution in [2.24, 2.45) is 5.73 Å². The number of ether oxygens (including phenoxy) is 1. The van der Waals surface area contributed by atoms with Crippen LogP contribution >= 0.6 is 0 Å². The molecule has 1 aromatic heterocycles. The second-order valence-corrected chi connectivity index (χ2v) is 3.18. The Morgan fingerprint density at radius 3 is 2.71 bits per heavy atom. The second kappa shape index (κ2) is 5.53. The number of esters is 1. The van der Waals surface area contributed by atoms with Crippen LogP contribution in [0.25, 0.3) is 0 Å². The highest BCUT2D eigenvalue weighted by Crippen LogP contribution is 2.27. The number of carbonyl (C=O) groups excluding carboxylic acids is 1. The summed E-state index contributed by atoms with van der Waals surface area (Å²) in [5.74, 6) is -0.950. The summed E-state index contributed by atoms with van der Waals surface area (Å²) in [6, 6.07) is 0. The minimum absolute atomic E-state index is 0.0223. The van der Waals surface area contributed by atoms with Gasteiger partial charge in [-0.15, -0.1) is 0 Å². The number of alkyl halides is 2. The summed E-state index contributed by atoms with van der Waals surface area (Å²) in [6.07, 6.45) is -1.85. The van der Waals surface area contributed by atoms with Crippen LogP contribution in [0.1, 0.15) is 34.8 Å². The Bertz CT molecular complexity index is 424. The Morgan fingerprint density at radius 2 is 2.24 bits per heavy atom. The molecule has 0 aliphatic carbocycles. The highest BCUT2D eigenvalue weighted by Gasteiger charge is 2.23. The van der Waals surface area contributed by atoms with Gasteiger partial charge in [-0.2, -0.15) is 0 Å². The van der Waals surface area contributed by atoms with Crippen molar-refractivity contribution >= 4 is 11.8 Å². The number of nitrogens with zero attached hydrogens (tertiary/aromatic N) is 1. The summed E-state index contributed by atoms with van der Waals surface area (Å²) in [5, 5.41) is 0. The lowest BCUT2D eigenvalue weighted by Crippen LogP contribution is -2.17. The number of nitrogen functional groups attached to an aromatic ring is 1. The van der Waals surface area contributed by atoms with Gasteiger partial charge in [-0.05, 0) is 12.5 Å². The normalized spacial score (nSPS) is 10.6. The molecule has 17 heavy (non-hydrogen) atoms. The Morgan fingerprint density at radius 1 is 1.59 bits per heavy atom. The average Bonchev–Trinajstić information content (AvgIpc) is 2.28. The van der Waals surface area contributed by atoms with Crippen LogP contribution in [0.4, 0.5) is 14.6 Å². The Balaban J connectivity index is 3.35. The number of pyridine rings is 1. The minimum Gasteiger partial charge on any atom is -0.462 e. The maximum Gasteiger partial charge on any atom is 0.342 e. The molecule has 1 rings (SSSR count). The molecule has 1 heterocycles. The zero-order valence-corrected chi connectivity index (χ0v) is 9.24. The lowest BCUT2D eigenvalue weighted by atomic mass is 10.0. The van der Waals surface area contributed by atoms with E-state index in [4.69, 9.17) is 16.2 Å². The third kappa shape index (κ3) is 2.68. The highest BCUT2D eigenvalue weighted by atomic mass is 19.3. The van der Waals surface area contributed by atoms with Gasteiger partial charge >= 0.3 is 5.97 Å². The van der Waals surface area contributed by atoms with Crippen LogP contribution in [-0.4, -0.2) is 17.6 Å². The highest BCUT2D eigenvalue weighted by molar-refractivity contribution is 5.96. The standard InChI is InChI=1S/C10H13F2N3O2/c1-2-17-10(16)7-5(3-13)6(8(11)12)4-15-9(7)14/h4,8H,2-3,13H2,1H3,(H2,14,15). The molecule has 0 aromatic carbocycles. The maximum absolute atomic E-state index is 12.7. The number of anilines is 1. The van der Waals surface area contributed by atoms with E-state index in [1.54, 1.807) is 6.92 Å². The molecule has 0 aliphatic heterocycles. The molecule has 94 valence electrons. The van der Waals surface area contributed by atoms with Gasteiger partial charge in [0.1, 0.15) is 11.4 Å². The molecule has 0 fully saturated rings. The Labute approximate surface area is 96.8 Å². The van der Waals surface area contributed by atoms with Gasteiger partial charge < -0.3 is 16.2 Å². The van der Waals surface area contributed by atoms with Gasteiger partial charge in [-0.25, -0.2) is 18.6 Å².